The van der Waals surface area contributed by atoms with E-state index >= 15 is 0 Å². The number of rotatable bonds is 3. The van der Waals surface area contributed by atoms with Gasteiger partial charge in [0.05, 0.1) is 7.11 Å². The van der Waals surface area contributed by atoms with Gasteiger partial charge in [0.2, 0.25) is 0 Å². The van der Waals surface area contributed by atoms with E-state index in [-0.39, 0.29) is 11.5 Å². The van der Waals surface area contributed by atoms with Crippen molar-refractivity contribution in [2.24, 2.45) is 0 Å². The average molecular weight is 310 g/mol. The Morgan fingerprint density at radius 2 is 1.70 bits per heavy atom. The number of aromatic amines is 1. The first-order valence-electron chi connectivity index (χ1n) is 7.24. The third kappa shape index (κ3) is 2.50. The molecule has 23 heavy (non-hydrogen) atoms. The lowest BCUT2D eigenvalue weighted by atomic mass is 9.97. The lowest BCUT2D eigenvalue weighted by Gasteiger charge is -2.10. The van der Waals surface area contributed by atoms with Crippen LogP contribution in [0.4, 0.5) is 0 Å². The number of H-pyrrole nitrogens is 1. The van der Waals surface area contributed by atoms with Gasteiger partial charge in [-0.2, -0.15) is 5.10 Å². The number of aromatic hydroxyl groups is 2. The third-order valence-corrected chi connectivity index (χ3v) is 3.98. The van der Waals surface area contributed by atoms with Crippen molar-refractivity contribution in [2.75, 3.05) is 7.11 Å². The summed E-state index contributed by atoms with van der Waals surface area (Å²) < 4.78 is 5.19. The lowest BCUT2D eigenvalue weighted by Crippen LogP contribution is -1.88. The minimum Gasteiger partial charge on any atom is -0.508 e. The van der Waals surface area contributed by atoms with Gasteiger partial charge >= 0.3 is 0 Å². The van der Waals surface area contributed by atoms with Gasteiger partial charge in [-0.3, -0.25) is 5.10 Å². The second-order valence-corrected chi connectivity index (χ2v) is 5.41. The van der Waals surface area contributed by atoms with Crippen molar-refractivity contribution in [1.29, 1.82) is 0 Å². The zero-order valence-corrected chi connectivity index (χ0v) is 13.2. The molecule has 0 bridgehead atoms. The lowest BCUT2D eigenvalue weighted by molar-refractivity contribution is 0.415. The summed E-state index contributed by atoms with van der Waals surface area (Å²) in [6, 6.07) is 10.9. The first-order chi connectivity index (χ1) is 11.0. The fourth-order valence-corrected chi connectivity index (χ4v) is 2.62. The summed E-state index contributed by atoms with van der Waals surface area (Å²) >= 11 is 0. The van der Waals surface area contributed by atoms with Crippen molar-refractivity contribution < 1.29 is 14.9 Å². The Balaban J connectivity index is 2.17. The summed E-state index contributed by atoms with van der Waals surface area (Å²) in [6.45, 7) is 3.60. The molecule has 0 aliphatic rings. The Bertz CT molecular complexity index is 851. The van der Waals surface area contributed by atoms with Gasteiger partial charge < -0.3 is 14.9 Å². The van der Waals surface area contributed by atoms with Gasteiger partial charge in [-0.05, 0) is 43.7 Å². The number of hydrogen-bond donors (Lipinski definition) is 3. The molecule has 0 aliphatic heterocycles. The molecular formula is C18H18N2O3. The topological polar surface area (TPSA) is 78.4 Å². The molecule has 0 fully saturated rings. The Morgan fingerprint density at radius 3 is 2.35 bits per heavy atom. The maximum Gasteiger partial charge on any atom is 0.131 e. The van der Waals surface area contributed by atoms with Crippen LogP contribution in [0.1, 0.15) is 11.3 Å². The van der Waals surface area contributed by atoms with Crippen LogP contribution < -0.4 is 4.74 Å². The molecule has 0 radical (unpaired) electrons. The smallest absolute Gasteiger partial charge is 0.131 e. The van der Waals surface area contributed by atoms with Crippen molar-refractivity contribution >= 4 is 0 Å². The molecule has 118 valence electrons. The Labute approximate surface area is 134 Å². The van der Waals surface area contributed by atoms with Crippen molar-refractivity contribution in [3.05, 3.63) is 47.7 Å². The number of hydrogen-bond acceptors (Lipinski definition) is 4. The summed E-state index contributed by atoms with van der Waals surface area (Å²) in [6.07, 6.45) is 0. The minimum atomic E-state index is 0.0336. The van der Waals surface area contributed by atoms with Crippen LogP contribution in [0.15, 0.2) is 36.4 Å². The predicted octanol–water partition coefficient (Wildman–Crippen LogP) is 3.78. The van der Waals surface area contributed by atoms with Crippen LogP contribution in [-0.2, 0) is 0 Å². The van der Waals surface area contributed by atoms with E-state index in [1.807, 2.05) is 31.2 Å². The van der Waals surface area contributed by atoms with E-state index in [4.69, 9.17) is 4.74 Å². The predicted molar refractivity (Wildman–Crippen MR) is 88.8 cm³/mol. The van der Waals surface area contributed by atoms with Crippen molar-refractivity contribution in [3.8, 4) is 39.6 Å². The fourth-order valence-electron chi connectivity index (χ4n) is 2.62. The molecule has 3 aromatic rings. The molecule has 0 amide bonds. The van der Waals surface area contributed by atoms with Gasteiger partial charge in [0.1, 0.15) is 22.9 Å². The molecule has 5 heteroatoms. The number of ether oxygens (including phenoxy) is 1. The highest BCUT2D eigenvalue weighted by molar-refractivity contribution is 5.86. The molecule has 0 saturated carbocycles. The van der Waals surface area contributed by atoms with Gasteiger partial charge in [-0.1, -0.05) is 12.1 Å². The molecule has 0 spiro atoms. The molecule has 1 heterocycles. The van der Waals surface area contributed by atoms with Crippen LogP contribution in [0.25, 0.3) is 22.4 Å². The van der Waals surface area contributed by atoms with Gasteiger partial charge in [-0.15, -0.1) is 0 Å². The van der Waals surface area contributed by atoms with Gasteiger partial charge in [0.15, 0.2) is 0 Å². The third-order valence-electron chi connectivity index (χ3n) is 3.98. The molecule has 5 nitrogen and oxygen atoms in total. The van der Waals surface area contributed by atoms with Crippen molar-refractivity contribution in [1.82, 2.24) is 10.2 Å². The van der Waals surface area contributed by atoms with E-state index in [0.717, 1.165) is 22.6 Å². The molecule has 0 atom stereocenters. The standard InChI is InChI=1S/C18H18N2O3/c1-10-15(21)9-8-14(18(10)22)17-16(11(2)19-20-17)12-4-6-13(23-3)7-5-12/h4-9,21-22H,1-3H3,(H,19,20). The molecule has 0 aliphatic carbocycles. The van der Waals surface area contributed by atoms with Crippen LogP contribution in [0.5, 0.6) is 17.2 Å². The number of methoxy groups -OCH3 is 1. The van der Waals surface area contributed by atoms with Crippen molar-refractivity contribution in [2.45, 2.75) is 13.8 Å². The number of nitrogens with zero attached hydrogens (tertiary/aromatic N) is 1. The molecule has 0 saturated heterocycles. The normalized spacial score (nSPS) is 10.7. The van der Waals surface area contributed by atoms with E-state index in [2.05, 4.69) is 10.2 Å². The number of aryl methyl sites for hydroxylation is 1. The highest BCUT2D eigenvalue weighted by Gasteiger charge is 2.19. The minimum absolute atomic E-state index is 0.0336. The van der Waals surface area contributed by atoms with E-state index in [1.165, 1.54) is 0 Å². The molecule has 0 unspecified atom stereocenters. The maximum absolute atomic E-state index is 10.4. The molecular weight excluding hydrogens is 292 g/mol. The summed E-state index contributed by atoms with van der Waals surface area (Å²) in [5.41, 5.74) is 4.44. The zero-order valence-electron chi connectivity index (χ0n) is 13.2. The number of phenolic OH excluding ortho intramolecular Hbond substituents is 2. The molecule has 3 N–H and O–H groups in total. The first-order valence-corrected chi connectivity index (χ1v) is 7.24. The van der Waals surface area contributed by atoms with Crippen molar-refractivity contribution in [3.63, 3.8) is 0 Å². The van der Waals surface area contributed by atoms with Crippen LogP contribution >= 0.6 is 0 Å². The zero-order chi connectivity index (χ0) is 16.6. The number of aromatic nitrogens is 2. The van der Waals surface area contributed by atoms with Crippen LogP contribution in [-0.4, -0.2) is 27.5 Å². The van der Waals surface area contributed by atoms with Gasteiger partial charge in [0, 0.05) is 22.4 Å². The highest BCUT2D eigenvalue weighted by Crippen LogP contribution is 2.41. The maximum atomic E-state index is 10.4. The summed E-state index contributed by atoms with van der Waals surface area (Å²) in [7, 11) is 1.63. The van der Waals surface area contributed by atoms with E-state index < -0.39 is 0 Å². The molecule has 3 rings (SSSR count). The Kier molecular flexibility index (Phi) is 3.70. The van der Waals surface area contributed by atoms with E-state index in [9.17, 15) is 10.2 Å². The quantitative estimate of drug-likeness (QED) is 0.688. The number of nitrogens with one attached hydrogen (secondary N) is 1. The van der Waals surface area contributed by atoms with Gasteiger partial charge in [-0.25, -0.2) is 0 Å². The monoisotopic (exact) mass is 310 g/mol. The number of benzene rings is 2. The fraction of sp³-hybridized carbons (Fsp3) is 0.167. The van der Waals surface area contributed by atoms with Crippen LogP contribution in [0.2, 0.25) is 0 Å². The number of phenols is 2. The SMILES string of the molecule is COc1ccc(-c2c(-c3ccc(O)c(C)c3O)n[nH]c2C)cc1. The average Bonchev–Trinajstić information content (AvgIpc) is 2.94. The molecule has 2 aromatic carbocycles. The van der Waals surface area contributed by atoms with Crippen LogP contribution in [0.3, 0.4) is 0 Å². The largest absolute Gasteiger partial charge is 0.508 e. The van der Waals surface area contributed by atoms with Crippen LogP contribution in [0, 0.1) is 13.8 Å². The second-order valence-electron chi connectivity index (χ2n) is 5.41. The van der Waals surface area contributed by atoms with E-state index in [1.54, 1.807) is 26.2 Å². The summed E-state index contributed by atoms with van der Waals surface area (Å²) in [5.74, 6) is 0.871. The Hall–Kier alpha value is -2.95. The second kappa shape index (κ2) is 5.68. The molecule has 1 aromatic heterocycles. The Morgan fingerprint density at radius 1 is 1.00 bits per heavy atom. The first kappa shape index (κ1) is 15.0. The highest BCUT2D eigenvalue weighted by atomic mass is 16.5. The summed E-state index contributed by atoms with van der Waals surface area (Å²) in [5, 5.41) is 27.4. The summed E-state index contributed by atoms with van der Waals surface area (Å²) in [4.78, 5) is 0. The van der Waals surface area contributed by atoms with Gasteiger partial charge in [0.25, 0.3) is 0 Å². The van der Waals surface area contributed by atoms with E-state index in [0.29, 0.717) is 16.8 Å².